The maximum absolute atomic E-state index is 13.6. The van der Waals surface area contributed by atoms with Gasteiger partial charge in [-0.25, -0.2) is 4.79 Å². The van der Waals surface area contributed by atoms with Crippen molar-refractivity contribution in [2.24, 2.45) is 0 Å². The van der Waals surface area contributed by atoms with Gasteiger partial charge in [0.2, 0.25) is 0 Å². The van der Waals surface area contributed by atoms with Crippen molar-refractivity contribution in [3.05, 3.63) is 34.9 Å². The Morgan fingerprint density at radius 1 is 0.892 bits per heavy atom. The van der Waals surface area contributed by atoms with Crippen LogP contribution < -0.4 is 0 Å². The highest BCUT2D eigenvalue weighted by atomic mass is 19.4. The van der Waals surface area contributed by atoms with Gasteiger partial charge in [-0.1, -0.05) is 18.9 Å². The maximum Gasteiger partial charge on any atom is 0.434 e. The predicted octanol–water partition coefficient (Wildman–Crippen LogP) is 5.35. The van der Waals surface area contributed by atoms with E-state index < -0.39 is 47.7 Å². The van der Waals surface area contributed by atoms with Crippen LogP contribution in [0.25, 0.3) is 0 Å². The van der Waals surface area contributed by atoms with E-state index in [1.54, 1.807) is 4.90 Å². The SMILES string of the molecule is O=C(OC(C(F)(F)F)C(F)(F)F)N1CCN(Cc2cc(C(F)(F)F)cc(C3(C(=O)O)CCCC3)c2)CC1. The number of halogens is 9. The van der Waals surface area contributed by atoms with Crippen LogP contribution in [0.1, 0.15) is 42.4 Å². The Morgan fingerprint density at radius 3 is 1.89 bits per heavy atom. The molecule has 3 rings (SSSR count). The average molecular weight is 550 g/mol. The number of hydrogen-bond donors (Lipinski definition) is 1. The van der Waals surface area contributed by atoms with Gasteiger partial charge in [0, 0.05) is 32.7 Å². The number of carboxylic acids is 1. The van der Waals surface area contributed by atoms with Gasteiger partial charge in [-0.2, -0.15) is 39.5 Å². The standard InChI is InChI=1S/C22H23F9N2O4/c23-20(24,25)15-10-13(9-14(11-15)19(17(34)35)3-1-2-4-19)12-32-5-7-33(8-6-32)18(36)37-16(21(26,27)28)22(29,30)31/h9-11,16H,1-8,12H2,(H,34,35). The third kappa shape index (κ3) is 6.60. The zero-order valence-corrected chi connectivity index (χ0v) is 19.1. The van der Waals surface area contributed by atoms with Gasteiger partial charge in [0.25, 0.3) is 6.10 Å². The molecule has 37 heavy (non-hydrogen) atoms. The first-order valence-electron chi connectivity index (χ1n) is 11.2. The lowest BCUT2D eigenvalue weighted by molar-refractivity contribution is -0.308. The molecule has 1 N–H and O–H groups in total. The molecule has 1 amide bonds. The van der Waals surface area contributed by atoms with Crippen LogP contribution in [0.4, 0.5) is 44.3 Å². The Balaban J connectivity index is 1.73. The van der Waals surface area contributed by atoms with Gasteiger partial charge < -0.3 is 14.7 Å². The van der Waals surface area contributed by atoms with Crippen LogP contribution in [-0.2, 0) is 27.7 Å². The lowest BCUT2D eigenvalue weighted by atomic mass is 9.77. The van der Waals surface area contributed by atoms with E-state index in [2.05, 4.69) is 4.74 Å². The van der Waals surface area contributed by atoms with E-state index >= 15 is 0 Å². The number of aliphatic carboxylic acids is 1. The van der Waals surface area contributed by atoms with Gasteiger partial charge >= 0.3 is 30.6 Å². The minimum absolute atomic E-state index is 0.0230. The Hall–Kier alpha value is -2.71. The molecule has 0 spiro atoms. The fraction of sp³-hybridized carbons (Fsp3) is 0.636. The highest BCUT2D eigenvalue weighted by Crippen LogP contribution is 2.44. The average Bonchev–Trinajstić information content (AvgIpc) is 3.27. The number of carbonyl (C=O) groups excluding carboxylic acids is 1. The summed E-state index contributed by atoms with van der Waals surface area (Å²) < 4.78 is 120. The molecular weight excluding hydrogens is 527 g/mol. The summed E-state index contributed by atoms with van der Waals surface area (Å²) in [5.74, 6) is -1.22. The van der Waals surface area contributed by atoms with Gasteiger partial charge in [0.05, 0.1) is 11.0 Å². The summed E-state index contributed by atoms with van der Waals surface area (Å²) in [5.41, 5.74) is -2.32. The number of ether oxygens (including phenoxy) is 1. The normalized spacial score (nSPS) is 19.4. The number of benzene rings is 1. The van der Waals surface area contributed by atoms with Gasteiger partial charge in [-0.05, 0) is 36.1 Å². The highest BCUT2D eigenvalue weighted by molar-refractivity contribution is 5.82. The van der Waals surface area contributed by atoms with Crippen LogP contribution in [0.15, 0.2) is 18.2 Å². The van der Waals surface area contributed by atoms with Crippen LogP contribution in [-0.4, -0.2) is 71.6 Å². The molecule has 15 heteroatoms. The Bertz CT molecular complexity index is 979. The first-order valence-corrected chi connectivity index (χ1v) is 11.2. The Kier molecular flexibility index (Phi) is 7.97. The summed E-state index contributed by atoms with van der Waals surface area (Å²) in [4.78, 5) is 26.1. The van der Waals surface area contributed by atoms with E-state index in [0.717, 1.165) is 12.1 Å². The summed E-state index contributed by atoms with van der Waals surface area (Å²) in [6.07, 6.45) is -21.1. The minimum atomic E-state index is -5.86. The van der Waals surface area contributed by atoms with Crippen molar-refractivity contribution in [3.8, 4) is 0 Å². The van der Waals surface area contributed by atoms with Crippen LogP contribution in [0.5, 0.6) is 0 Å². The van der Waals surface area contributed by atoms with Crippen LogP contribution >= 0.6 is 0 Å². The van der Waals surface area contributed by atoms with Crippen molar-refractivity contribution in [1.82, 2.24) is 9.80 Å². The smallest absolute Gasteiger partial charge is 0.434 e. The third-order valence-corrected chi connectivity index (χ3v) is 6.59. The molecule has 1 aromatic rings. The van der Waals surface area contributed by atoms with Crippen molar-refractivity contribution in [2.75, 3.05) is 26.2 Å². The van der Waals surface area contributed by atoms with Crippen molar-refractivity contribution in [1.29, 1.82) is 0 Å². The maximum atomic E-state index is 13.6. The molecular formula is C22H23F9N2O4. The van der Waals surface area contributed by atoms with E-state index in [1.165, 1.54) is 6.07 Å². The molecule has 2 fully saturated rings. The molecule has 1 aromatic carbocycles. The number of rotatable bonds is 5. The predicted molar refractivity (Wildman–Crippen MR) is 108 cm³/mol. The molecule has 0 radical (unpaired) electrons. The van der Waals surface area contributed by atoms with Gasteiger partial charge in [0.1, 0.15) is 0 Å². The largest absolute Gasteiger partial charge is 0.481 e. The summed E-state index contributed by atoms with van der Waals surface area (Å²) in [6, 6.07) is 3.08. The summed E-state index contributed by atoms with van der Waals surface area (Å²) in [6.45, 7) is -0.914. The molecule has 0 aromatic heterocycles. The van der Waals surface area contributed by atoms with Crippen molar-refractivity contribution in [3.63, 3.8) is 0 Å². The third-order valence-electron chi connectivity index (χ3n) is 6.59. The van der Waals surface area contributed by atoms with Crippen molar-refractivity contribution < 1.29 is 58.9 Å². The number of hydrogen-bond acceptors (Lipinski definition) is 4. The monoisotopic (exact) mass is 550 g/mol. The topological polar surface area (TPSA) is 70.1 Å². The molecule has 0 atom stereocenters. The lowest BCUT2D eigenvalue weighted by Gasteiger charge is -2.35. The molecule has 1 aliphatic heterocycles. The first-order chi connectivity index (χ1) is 16.9. The van der Waals surface area contributed by atoms with Crippen LogP contribution in [0.3, 0.4) is 0 Å². The van der Waals surface area contributed by atoms with E-state index in [4.69, 9.17) is 0 Å². The van der Waals surface area contributed by atoms with E-state index in [-0.39, 0.29) is 56.7 Å². The van der Waals surface area contributed by atoms with Crippen molar-refractivity contribution in [2.45, 2.75) is 62.3 Å². The second kappa shape index (κ2) is 10.2. The zero-order valence-electron chi connectivity index (χ0n) is 19.1. The molecule has 1 aliphatic carbocycles. The van der Waals surface area contributed by atoms with Crippen molar-refractivity contribution >= 4 is 12.1 Å². The first kappa shape index (κ1) is 28.9. The molecule has 1 saturated carbocycles. The number of amides is 1. The minimum Gasteiger partial charge on any atom is -0.481 e. The number of nitrogens with zero attached hydrogens (tertiary/aromatic N) is 2. The number of carboxylic acid groups (broad SMARTS) is 1. The molecule has 6 nitrogen and oxygen atoms in total. The second-order valence-corrected chi connectivity index (χ2v) is 9.12. The molecule has 208 valence electrons. The van der Waals surface area contributed by atoms with Crippen LogP contribution in [0, 0.1) is 0 Å². The van der Waals surface area contributed by atoms with Gasteiger partial charge in [-0.3, -0.25) is 9.69 Å². The number of piperazine rings is 1. The molecule has 1 heterocycles. The quantitative estimate of drug-likeness (QED) is 0.501. The summed E-state index contributed by atoms with van der Waals surface area (Å²) >= 11 is 0. The number of alkyl halides is 9. The Morgan fingerprint density at radius 2 is 1.43 bits per heavy atom. The molecule has 2 aliphatic rings. The zero-order chi connectivity index (χ0) is 27.8. The van der Waals surface area contributed by atoms with Gasteiger partial charge in [-0.15, -0.1) is 0 Å². The Labute approximate surface area is 204 Å². The fourth-order valence-electron chi connectivity index (χ4n) is 4.67. The van der Waals surface area contributed by atoms with E-state index in [9.17, 15) is 54.2 Å². The van der Waals surface area contributed by atoms with Gasteiger partial charge in [0.15, 0.2) is 0 Å². The molecule has 0 bridgehead atoms. The van der Waals surface area contributed by atoms with Crippen LogP contribution in [0.2, 0.25) is 0 Å². The fourth-order valence-corrected chi connectivity index (χ4v) is 4.67. The lowest BCUT2D eigenvalue weighted by Crippen LogP contribution is -2.52. The summed E-state index contributed by atoms with van der Waals surface area (Å²) in [7, 11) is 0. The molecule has 1 saturated heterocycles. The van der Waals surface area contributed by atoms with E-state index in [0.29, 0.717) is 17.7 Å². The highest BCUT2D eigenvalue weighted by Gasteiger charge is 2.60. The molecule has 0 unspecified atom stereocenters. The summed E-state index contributed by atoms with van der Waals surface area (Å²) in [5, 5.41) is 9.79. The number of carbonyl (C=O) groups is 2. The second-order valence-electron chi connectivity index (χ2n) is 9.12. The van der Waals surface area contributed by atoms with E-state index in [1.807, 2.05) is 0 Å².